The predicted molar refractivity (Wildman–Crippen MR) is 171 cm³/mol. The Morgan fingerprint density at radius 2 is 1.86 bits per heavy atom. The molecule has 1 saturated carbocycles. The number of para-hydroxylation sites is 1. The number of piperidine rings is 1. The van der Waals surface area contributed by atoms with Crippen molar-refractivity contribution < 1.29 is 15.8 Å². The number of nitrogens with one attached hydrogen (secondary N) is 2. The third-order valence-corrected chi connectivity index (χ3v) is 11.3. The van der Waals surface area contributed by atoms with Crippen molar-refractivity contribution in [2.45, 2.75) is 81.5 Å². The Morgan fingerprint density at radius 1 is 1.07 bits per heavy atom. The maximum absolute atomic E-state index is 13.9. The number of benzene rings is 2. The fraction of sp³-hybridized carbons (Fsp3) is 0.515. The van der Waals surface area contributed by atoms with Crippen molar-refractivity contribution >= 4 is 46.2 Å². The number of nitrogens with zero attached hydrogens (tertiary/aromatic N) is 4. The van der Waals surface area contributed by atoms with Crippen LogP contribution >= 0.6 is 11.8 Å². The number of H-pyrrole nitrogens is 1. The van der Waals surface area contributed by atoms with Crippen LogP contribution in [0.4, 0.5) is 10.5 Å². The number of carbonyl (C=O) groups is 3. The number of hydrogen-bond donors (Lipinski definition) is 2. The highest BCUT2D eigenvalue weighted by atomic mass is 32.2. The molecule has 0 bridgehead atoms. The molecule has 10 heteroatoms. The monoisotopic (exact) mass is 602 g/mol. The summed E-state index contributed by atoms with van der Waals surface area (Å²) >= 11 is 1.63. The lowest BCUT2D eigenvalue weighted by Gasteiger charge is -2.40. The van der Waals surface area contributed by atoms with E-state index in [1.54, 1.807) is 11.8 Å². The summed E-state index contributed by atoms with van der Waals surface area (Å²) in [4.78, 5) is 46.2. The highest BCUT2D eigenvalue weighted by Gasteiger charge is 2.44. The van der Waals surface area contributed by atoms with Gasteiger partial charge in [-0.2, -0.15) is 5.10 Å². The van der Waals surface area contributed by atoms with Crippen molar-refractivity contribution in [1.82, 2.24) is 24.9 Å². The molecule has 7 rings (SSSR count). The van der Waals surface area contributed by atoms with E-state index in [-0.39, 0.29) is 42.4 Å². The molecule has 2 unspecified atom stereocenters. The van der Waals surface area contributed by atoms with Gasteiger partial charge in [-0.1, -0.05) is 43.5 Å². The van der Waals surface area contributed by atoms with Gasteiger partial charge in [0.15, 0.2) is 0 Å². The Kier molecular flexibility index (Phi) is 7.80. The summed E-state index contributed by atoms with van der Waals surface area (Å²) in [5.41, 5.74) is 5.25. The van der Waals surface area contributed by atoms with E-state index in [0.29, 0.717) is 25.6 Å². The molecule has 1 aliphatic carbocycles. The average molecular weight is 603 g/mol. The number of rotatable bonds is 6. The zero-order chi connectivity index (χ0) is 29.5. The number of aromatic amines is 1. The number of fused-ring (bicyclic) bond motifs is 2. The molecule has 3 aliphatic heterocycles. The lowest BCUT2D eigenvalue weighted by Crippen LogP contribution is -2.51. The Balaban J connectivity index is 0.00000343. The Hall–Kier alpha value is -3.53. The molecular weight excluding hydrogens is 560 g/mol. The number of hydrogen-bond acceptors (Lipinski definition) is 5. The lowest BCUT2D eigenvalue weighted by molar-refractivity contribution is -0.137. The molecule has 2 atom stereocenters. The number of thioether (sulfide) groups is 1. The number of aromatic nitrogens is 2. The van der Waals surface area contributed by atoms with Gasteiger partial charge in [0, 0.05) is 51.1 Å². The van der Waals surface area contributed by atoms with Crippen LogP contribution in [0.1, 0.15) is 74.9 Å². The first-order valence-electron chi connectivity index (χ1n) is 15.8. The second-order valence-corrected chi connectivity index (χ2v) is 14.0. The van der Waals surface area contributed by atoms with Crippen LogP contribution in [0.5, 0.6) is 0 Å². The van der Waals surface area contributed by atoms with Crippen LogP contribution in [0.15, 0.2) is 42.6 Å². The van der Waals surface area contributed by atoms with Gasteiger partial charge in [-0.25, -0.2) is 4.79 Å². The number of amides is 4. The van der Waals surface area contributed by atoms with Crippen molar-refractivity contribution in [3.05, 3.63) is 59.3 Å². The van der Waals surface area contributed by atoms with E-state index in [2.05, 4.69) is 45.5 Å². The van der Waals surface area contributed by atoms with Crippen LogP contribution in [0, 0.1) is 12.8 Å². The number of anilines is 1. The van der Waals surface area contributed by atoms with Gasteiger partial charge in [0.1, 0.15) is 5.37 Å². The molecule has 4 aliphatic rings. The van der Waals surface area contributed by atoms with E-state index in [1.807, 2.05) is 34.2 Å². The summed E-state index contributed by atoms with van der Waals surface area (Å²) in [6.07, 6.45) is 9.62. The van der Waals surface area contributed by atoms with Crippen LogP contribution < -0.4 is 5.32 Å². The summed E-state index contributed by atoms with van der Waals surface area (Å²) in [6, 6.07) is 12.3. The molecule has 3 aromatic rings. The third-order valence-electron chi connectivity index (χ3n) is 9.85. The second-order valence-electron chi connectivity index (χ2n) is 12.7. The second kappa shape index (κ2) is 11.9. The number of aryl methyl sites for hydroxylation is 1. The van der Waals surface area contributed by atoms with Gasteiger partial charge in [-0.15, -0.1) is 11.8 Å². The fourth-order valence-corrected chi connectivity index (χ4v) is 8.89. The summed E-state index contributed by atoms with van der Waals surface area (Å²) in [7, 11) is 0. The van der Waals surface area contributed by atoms with Gasteiger partial charge in [-0.05, 0) is 67.3 Å². The summed E-state index contributed by atoms with van der Waals surface area (Å²) in [5.74, 6) is 0.655. The molecule has 2 aromatic carbocycles. The summed E-state index contributed by atoms with van der Waals surface area (Å²) in [6.45, 7) is 4.64. The van der Waals surface area contributed by atoms with Crippen LogP contribution in [0.3, 0.4) is 0 Å². The first kappa shape index (κ1) is 28.3. The van der Waals surface area contributed by atoms with Gasteiger partial charge in [0.25, 0.3) is 0 Å². The van der Waals surface area contributed by atoms with Crippen molar-refractivity contribution in [2.24, 2.45) is 5.92 Å². The molecule has 0 radical (unpaired) electrons. The standard InChI is InChI=1S/C33H40N6O3S.H2/c1-21-15-24(16-25-18-34-36-30(21)25)32-39(19-22-7-3-2-4-8-22)31(41)28(43-32)17-29(40)37-13-11-26(12-14-37)38-20-23-9-5-6-10-27(23)35-33(38)42;/h5-6,9-10,15-16,18,22,26,28,32H,2-4,7-8,11-14,17,19-20H2,1H3,(H,34,36)(H,35,42);1H. The van der Waals surface area contributed by atoms with E-state index < -0.39 is 0 Å². The molecule has 9 nitrogen and oxygen atoms in total. The van der Waals surface area contributed by atoms with Gasteiger partial charge >= 0.3 is 6.03 Å². The number of urea groups is 1. The normalized spacial score (nSPS) is 23.6. The van der Waals surface area contributed by atoms with Gasteiger partial charge in [0.2, 0.25) is 11.8 Å². The molecule has 2 saturated heterocycles. The Morgan fingerprint density at radius 3 is 2.67 bits per heavy atom. The average Bonchev–Trinajstić information content (AvgIpc) is 3.62. The minimum absolute atomic E-state index is 0. The topological polar surface area (TPSA) is 102 Å². The largest absolute Gasteiger partial charge is 0.342 e. The number of likely N-dealkylation sites (tertiary alicyclic amines) is 1. The van der Waals surface area contributed by atoms with Crippen LogP contribution in [0.2, 0.25) is 0 Å². The van der Waals surface area contributed by atoms with Crippen molar-refractivity contribution in [3.8, 4) is 0 Å². The predicted octanol–water partition coefficient (Wildman–Crippen LogP) is 6.07. The quantitative estimate of drug-likeness (QED) is 0.357. The summed E-state index contributed by atoms with van der Waals surface area (Å²) in [5, 5.41) is 10.9. The van der Waals surface area contributed by atoms with E-state index in [0.717, 1.165) is 52.7 Å². The van der Waals surface area contributed by atoms with Crippen LogP contribution in [0.25, 0.3) is 10.9 Å². The van der Waals surface area contributed by atoms with E-state index in [1.165, 1.54) is 32.1 Å². The van der Waals surface area contributed by atoms with Crippen LogP contribution in [-0.4, -0.2) is 73.7 Å². The molecule has 1 aromatic heterocycles. The number of carbonyl (C=O) groups excluding carboxylic acids is 3. The Labute approximate surface area is 258 Å². The molecule has 228 valence electrons. The molecule has 4 amide bonds. The minimum Gasteiger partial charge on any atom is -0.342 e. The fourth-order valence-electron chi connectivity index (χ4n) is 7.45. The zero-order valence-corrected chi connectivity index (χ0v) is 25.6. The molecule has 2 N–H and O–H groups in total. The van der Waals surface area contributed by atoms with Gasteiger partial charge in [-0.3, -0.25) is 14.7 Å². The van der Waals surface area contributed by atoms with Crippen molar-refractivity contribution in [2.75, 3.05) is 25.0 Å². The molecule has 3 fully saturated rings. The van der Waals surface area contributed by atoms with Gasteiger partial charge in [0.05, 0.1) is 17.0 Å². The lowest BCUT2D eigenvalue weighted by atomic mass is 9.88. The van der Waals surface area contributed by atoms with Crippen molar-refractivity contribution in [3.63, 3.8) is 0 Å². The van der Waals surface area contributed by atoms with E-state index in [4.69, 9.17) is 0 Å². The minimum atomic E-state index is -0.386. The van der Waals surface area contributed by atoms with E-state index >= 15 is 0 Å². The maximum Gasteiger partial charge on any atom is 0.322 e. The highest BCUT2D eigenvalue weighted by molar-refractivity contribution is 8.01. The Bertz CT molecular complexity index is 1530. The molecule has 4 heterocycles. The first-order valence-corrected chi connectivity index (χ1v) is 16.7. The third kappa shape index (κ3) is 5.61. The van der Waals surface area contributed by atoms with Gasteiger partial charge < -0.3 is 20.0 Å². The smallest absolute Gasteiger partial charge is 0.322 e. The molecule has 43 heavy (non-hydrogen) atoms. The zero-order valence-electron chi connectivity index (χ0n) is 24.8. The molecule has 0 spiro atoms. The summed E-state index contributed by atoms with van der Waals surface area (Å²) < 4.78 is 0. The SMILES string of the molecule is Cc1cc(C2SC(CC(=O)N3CCC(N4Cc5ccccc5NC4=O)CC3)C(=O)N2CC2CCCCC2)cc2cn[nH]c12.[HH]. The first-order chi connectivity index (χ1) is 20.9. The maximum atomic E-state index is 13.9. The van der Waals surface area contributed by atoms with Crippen LogP contribution in [-0.2, 0) is 16.1 Å². The molecular formula is C33H42N6O3S. The highest BCUT2D eigenvalue weighted by Crippen LogP contribution is 2.46. The van der Waals surface area contributed by atoms with E-state index in [9.17, 15) is 14.4 Å². The van der Waals surface area contributed by atoms with Crippen molar-refractivity contribution in [1.29, 1.82) is 0 Å².